The van der Waals surface area contributed by atoms with Crippen molar-refractivity contribution in [1.82, 2.24) is 4.98 Å². The van der Waals surface area contributed by atoms with Crippen LogP contribution in [0, 0.1) is 21.8 Å². The van der Waals surface area contributed by atoms with Crippen molar-refractivity contribution < 1.29 is 14.4 Å². The number of hydrogen-bond donors (Lipinski definition) is 2. The molecule has 3 rings (SSSR count). The monoisotopic (exact) mass is 291 g/mol. The SMILES string of the molecule is O=[N+]([O-])c1cc(F)c(NCC2CC(O)C2)c2ncccc12. The molecule has 1 aromatic heterocycles. The summed E-state index contributed by atoms with van der Waals surface area (Å²) in [5.41, 5.74) is 0.141. The molecule has 0 radical (unpaired) electrons. The molecule has 0 amide bonds. The lowest BCUT2D eigenvalue weighted by atomic mass is 9.82. The van der Waals surface area contributed by atoms with E-state index in [0.717, 1.165) is 6.07 Å². The molecule has 0 atom stereocenters. The van der Waals surface area contributed by atoms with Gasteiger partial charge in [0.25, 0.3) is 5.69 Å². The summed E-state index contributed by atoms with van der Waals surface area (Å²) in [5.74, 6) is -0.402. The molecule has 6 nitrogen and oxygen atoms in total. The number of aliphatic hydroxyl groups is 1. The van der Waals surface area contributed by atoms with E-state index >= 15 is 0 Å². The molecule has 0 spiro atoms. The van der Waals surface area contributed by atoms with E-state index in [4.69, 9.17) is 0 Å². The molecule has 1 aliphatic carbocycles. The molecule has 1 fully saturated rings. The Hall–Kier alpha value is -2.28. The minimum atomic E-state index is -0.687. The number of non-ortho nitro benzene ring substituents is 1. The van der Waals surface area contributed by atoms with E-state index in [1.165, 1.54) is 6.20 Å². The van der Waals surface area contributed by atoms with Crippen LogP contribution in [0.25, 0.3) is 10.9 Å². The van der Waals surface area contributed by atoms with Gasteiger partial charge in [-0.3, -0.25) is 15.1 Å². The Morgan fingerprint density at radius 3 is 2.95 bits per heavy atom. The van der Waals surface area contributed by atoms with Crippen LogP contribution in [0.3, 0.4) is 0 Å². The van der Waals surface area contributed by atoms with Crippen molar-refractivity contribution in [2.75, 3.05) is 11.9 Å². The second kappa shape index (κ2) is 5.25. The highest BCUT2D eigenvalue weighted by Crippen LogP contribution is 2.34. The van der Waals surface area contributed by atoms with Gasteiger partial charge < -0.3 is 10.4 Å². The average Bonchev–Trinajstić information content (AvgIpc) is 2.43. The average molecular weight is 291 g/mol. The van der Waals surface area contributed by atoms with Crippen LogP contribution in [0.2, 0.25) is 0 Å². The van der Waals surface area contributed by atoms with Gasteiger partial charge in [0.2, 0.25) is 0 Å². The fourth-order valence-electron chi connectivity index (χ4n) is 2.63. The van der Waals surface area contributed by atoms with Gasteiger partial charge in [-0.25, -0.2) is 4.39 Å². The van der Waals surface area contributed by atoms with E-state index in [1.54, 1.807) is 12.1 Å². The van der Waals surface area contributed by atoms with Gasteiger partial charge in [0.1, 0.15) is 5.52 Å². The van der Waals surface area contributed by atoms with Crippen molar-refractivity contribution in [3.63, 3.8) is 0 Å². The Kier molecular flexibility index (Phi) is 3.42. The molecule has 0 saturated heterocycles. The second-order valence-electron chi connectivity index (χ2n) is 5.28. The fourth-order valence-corrected chi connectivity index (χ4v) is 2.63. The van der Waals surface area contributed by atoms with Crippen molar-refractivity contribution in [2.45, 2.75) is 18.9 Å². The molecular weight excluding hydrogens is 277 g/mol. The summed E-state index contributed by atoms with van der Waals surface area (Å²) in [5, 5.41) is 23.5. The van der Waals surface area contributed by atoms with Gasteiger partial charge in [-0.2, -0.15) is 0 Å². The standard InChI is InChI=1S/C14H14FN3O3/c15-11-6-12(18(20)21)10-2-1-3-16-13(10)14(11)17-7-8-4-9(19)5-8/h1-3,6,8-9,17,19H,4-5,7H2. The van der Waals surface area contributed by atoms with Crippen molar-refractivity contribution in [2.24, 2.45) is 5.92 Å². The number of nitrogens with one attached hydrogen (secondary N) is 1. The Bertz CT molecular complexity index is 701. The number of aromatic nitrogens is 1. The number of benzene rings is 1. The molecule has 1 aromatic carbocycles. The van der Waals surface area contributed by atoms with E-state index in [1.807, 2.05) is 0 Å². The third-order valence-corrected chi connectivity index (χ3v) is 3.80. The first kappa shape index (κ1) is 13.7. The van der Waals surface area contributed by atoms with Crippen molar-refractivity contribution >= 4 is 22.3 Å². The van der Waals surface area contributed by atoms with Crippen molar-refractivity contribution in [3.05, 3.63) is 40.3 Å². The molecule has 0 unspecified atom stereocenters. The Morgan fingerprint density at radius 2 is 2.29 bits per heavy atom. The minimum Gasteiger partial charge on any atom is -0.393 e. The maximum Gasteiger partial charge on any atom is 0.281 e. The van der Waals surface area contributed by atoms with E-state index in [-0.39, 0.29) is 28.9 Å². The van der Waals surface area contributed by atoms with Crippen LogP contribution in [-0.4, -0.2) is 27.7 Å². The maximum absolute atomic E-state index is 14.1. The van der Waals surface area contributed by atoms with Gasteiger partial charge in [0.05, 0.1) is 28.2 Å². The zero-order valence-corrected chi connectivity index (χ0v) is 11.1. The number of rotatable bonds is 4. The smallest absolute Gasteiger partial charge is 0.281 e. The number of nitro groups is 1. The molecule has 0 bridgehead atoms. The summed E-state index contributed by atoms with van der Waals surface area (Å²) >= 11 is 0. The van der Waals surface area contributed by atoms with Crippen LogP contribution in [0.15, 0.2) is 24.4 Å². The summed E-state index contributed by atoms with van der Waals surface area (Å²) in [6.45, 7) is 0.511. The van der Waals surface area contributed by atoms with Gasteiger partial charge >= 0.3 is 0 Å². The number of nitrogens with zero attached hydrogens (tertiary/aromatic N) is 2. The predicted molar refractivity (Wildman–Crippen MR) is 75.6 cm³/mol. The van der Waals surface area contributed by atoms with Crippen LogP contribution in [-0.2, 0) is 0 Å². The van der Waals surface area contributed by atoms with Crippen LogP contribution >= 0.6 is 0 Å². The van der Waals surface area contributed by atoms with Crippen LogP contribution in [0.4, 0.5) is 15.8 Å². The highest BCUT2D eigenvalue weighted by atomic mass is 19.1. The number of fused-ring (bicyclic) bond motifs is 1. The van der Waals surface area contributed by atoms with E-state index in [2.05, 4.69) is 10.3 Å². The highest BCUT2D eigenvalue weighted by Gasteiger charge is 2.27. The number of aliphatic hydroxyl groups excluding tert-OH is 1. The number of nitro benzene ring substituents is 1. The molecule has 0 aliphatic heterocycles. The first-order valence-corrected chi connectivity index (χ1v) is 6.70. The molecule has 1 heterocycles. The second-order valence-corrected chi connectivity index (χ2v) is 5.28. The molecule has 110 valence electrons. The van der Waals surface area contributed by atoms with E-state index in [9.17, 15) is 19.6 Å². The van der Waals surface area contributed by atoms with Crippen LogP contribution in [0.5, 0.6) is 0 Å². The summed E-state index contributed by atoms with van der Waals surface area (Å²) in [7, 11) is 0. The van der Waals surface area contributed by atoms with Crippen molar-refractivity contribution in [1.29, 1.82) is 0 Å². The molecule has 21 heavy (non-hydrogen) atoms. The third kappa shape index (κ3) is 2.52. The van der Waals surface area contributed by atoms with E-state index < -0.39 is 10.7 Å². The molecule has 2 aromatic rings. The van der Waals surface area contributed by atoms with Crippen LogP contribution in [0.1, 0.15) is 12.8 Å². The lowest BCUT2D eigenvalue weighted by molar-refractivity contribution is -0.383. The van der Waals surface area contributed by atoms with Crippen LogP contribution < -0.4 is 5.32 Å². The maximum atomic E-state index is 14.1. The van der Waals surface area contributed by atoms with Gasteiger partial charge in [0, 0.05) is 12.7 Å². The first-order chi connectivity index (χ1) is 10.1. The quantitative estimate of drug-likeness (QED) is 0.667. The number of anilines is 1. The normalized spacial score (nSPS) is 21.0. The number of halogens is 1. The minimum absolute atomic E-state index is 0.178. The molecule has 7 heteroatoms. The summed E-state index contributed by atoms with van der Waals surface area (Å²) < 4.78 is 14.1. The topological polar surface area (TPSA) is 88.3 Å². The summed E-state index contributed by atoms with van der Waals surface area (Å²) in [4.78, 5) is 14.5. The zero-order valence-electron chi connectivity index (χ0n) is 11.1. The molecule has 1 aliphatic rings. The highest BCUT2D eigenvalue weighted by molar-refractivity contribution is 5.97. The van der Waals surface area contributed by atoms with Gasteiger partial charge in [0.15, 0.2) is 5.82 Å². The largest absolute Gasteiger partial charge is 0.393 e. The van der Waals surface area contributed by atoms with E-state index in [0.29, 0.717) is 24.8 Å². The lowest BCUT2D eigenvalue weighted by Gasteiger charge is -2.31. The lowest BCUT2D eigenvalue weighted by Crippen LogP contribution is -2.33. The summed E-state index contributed by atoms with van der Waals surface area (Å²) in [6.07, 6.45) is 2.58. The first-order valence-electron chi connectivity index (χ1n) is 6.70. The third-order valence-electron chi connectivity index (χ3n) is 3.80. The Labute approximate surface area is 119 Å². The predicted octanol–water partition coefficient (Wildman–Crippen LogP) is 2.46. The van der Waals surface area contributed by atoms with Gasteiger partial charge in [-0.1, -0.05) is 0 Å². The fraction of sp³-hybridized carbons (Fsp3) is 0.357. The molecule has 1 saturated carbocycles. The van der Waals surface area contributed by atoms with Gasteiger partial charge in [-0.15, -0.1) is 0 Å². The van der Waals surface area contributed by atoms with Crippen molar-refractivity contribution in [3.8, 4) is 0 Å². The molecular formula is C14H14FN3O3. The number of pyridine rings is 1. The Morgan fingerprint density at radius 1 is 1.52 bits per heavy atom. The van der Waals surface area contributed by atoms with Gasteiger partial charge in [-0.05, 0) is 30.9 Å². The zero-order chi connectivity index (χ0) is 15.0. The number of hydrogen-bond acceptors (Lipinski definition) is 5. The summed E-state index contributed by atoms with van der Waals surface area (Å²) in [6, 6.07) is 4.06. The molecule has 2 N–H and O–H groups in total. The Balaban J connectivity index is 1.96.